The zero-order chi connectivity index (χ0) is 25.8. The smallest absolute Gasteiger partial charge is 0.255 e. The molecule has 0 radical (unpaired) electrons. The van der Waals surface area contributed by atoms with E-state index in [1.807, 2.05) is 39.8 Å². The van der Waals surface area contributed by atoms with Gasteiger partial charge in [0.05, 0.1) is 11.6 Å². The lowest BCUT2D eigenvalue weighted by atomic mass is 9.85. The van der Waals surface area contributed by atoms with E-state index in [1.165, 1.54) is 12.3 Å². The molecule has 1 fully saturated rings. The van der Waals surface area contributed by atoms with Gasteiger partial charge in [0.2, 0.25) is 5.56 Å². The number of aromatic amines is 1. The molecule has 1 aliphatic rings. The average molecular weight is 520 g/mol. The number of aromatic nitrogens is 1. The number of H-pyrrole nitrogens is 1. The highest BCUT2D eigenvalue weighted by Crippen LogP contribution is 2.39. The first-order valence-corrected chi connectivity index (χ1v) is 13.2. The second-order valence-corrected chi connectivity index (χ2v) is 12.2. The van der Waals surface area contributed by atoms with E-state index in [9.17, 15) is 14.1 Å². The number of nitrogens with zero attached hydrogens (tertiary/aromatic N) is 1. The summed E-state index contributed by atoms with van der Waals surface area (Å²) >= 11 is 5.19. The molecule has 2 N–H and O–H groups in total. The Bertz CT molecular complexity index is 1090. The maximum absolute atomic E-state index is 13.2. The van der Waals surface area contributed by atoms with Gasteiger partial charge in [-0.1, -0.05) is 24.3 Å². The number of hydrogen-bond acceptors (Lipinski definition) is 5. The molecular formula is C26H34ClN3O4S. The van der Waals surface area contributed by atoms with Gasteiger partial charge in [0.1, 0.15) is 17.1 Å². The molecule has 2 aromatic rings. The zero-order valence-corrected chi connectivity index (χ0v) is 22.3. The lowest BCUT2D eigenvalue weighted by Crippen LogP contribution is -2.46. The summed E-state index contributed by atoms with van der Waals surface area (Å²) in [5.74, 6) is 0.670. The number of piperidine rings is 1. The number of aryl methyl sites for hydroxylation is 1. The SMILES string of the molecule is C=CCOc1cc(C)c(Cl)cc1[C@H](N[S@@+]([O-])C(C)(C)C)C1CCN(C(=O)c2ccc(=O)[nH]c2)CC1. The fourth-order valence-electron chi connectivity index (χ4n) is 4.05. The van der Waals surface area contributed by atoms with Crippen LogP contribution in [0.25, 0.3) is 0 Å². The highest BCUT2D eigenvalue weighted by molar-refractivity contribution is 7.90. The Morgan fingerprint density at radius 2 is 2.06 bits per heavy atom. The van der Waals surface area contributed by atoms with Crippen molar-refractivity contribution in [3.63, 3.8) is 0 Å². The Labute approximate surface area is 215 Å². The highest BCUT2D eigenvalue weighted by atomic mass is 35.5. The van der Waals surface area contributed by atoms with Crippen LogP contribution in [0.15, 0.2) is 47.9 Å². The Balaban J connectivity index is 1.87. The topological polar surface area (TPSA) is 97.5 Å². The summed E-state index contributed by atoms with van der Waals surface area (Å²) in [5.41, 5.74) is 1.96. The van der Waals surface area contributed by atoms with Crippen molar-refractivity contribution in [3.8, 4) is 5.75 Å². The van der Waals surface area contributed by atoms with Crippen LogP contribution >= 0.6 is 11.6 Å². The van der Waals surface area contributed by atoms with Gasteiger partial charge in [-0.25, -0.2) is 0 Å². The fraction of sp³-hybridized carbons (Fsp3) is 0.462. The number of pyridine rings is 1. The van der Waals surface area contributed by atoms with E-state index in [2.05, 4.69) is 16.3 Å². The minimum atomic E-state index is -1.33. The summed E-state index contributed by atoms with van der Waals surface area (Å²) in [7, 11) is 0. The lowest BCUT2D eigenvalue weighted by molar-refractivity contribution is 0.0673. The van der Waals surface area contributed by atoms with Gasteiger partial charge in [-0.2, -0.15) is 0 Å². The van der Waals surface area contributed by atoms with Crippen LogP contribution in [0.1, 0.15) is 61.1 Å². The summed E-state index contributed by atoms with van der Waals surface area (Å²) in [5, 5.41) is 0.616. The van der Waals surface area contributed by atoms with Crippen LogP contribution in [0.4, 0.5) is 0 Å². The average Bonchev–Trinajstić information content (AvgIpc) is 2.82. The summed E-state index contributed by atoms with van der Waals surface area (Å²) in [6, 6.07) is 6.42. The van der Waals surface area contributed by atoms with E-state index in [4.69, 9.17) is 16.3 Å². The third kappa shape index (κ3) is 6.91. The predicted octanol–water partition coefficient (Wildman–Crippen LogP) is 4.55. The van der Waals surface area contributed by atoms with Crippen molar-refractivity contribution in [3.05, 3.63) is 75.2 Å². The molecule has 190 valence electrons. The van der Waals surface area contributed by atoms with Crippen LogP contribution in [-0.2, 0) is 11.4 Å². The lowest BCUT2D eigenvalue weighted by Gasteiger charge is -2.38. The molecule has 1 aromatic heterocycles. The number of amides is 1. The molecule has 2 heterocycles. The van der Waals surface area contributed by atoms with Crippen molar-refractivity contribution in [2.75, 3.05) is 19.7 Å². The van der Waals surface area contributed by atoms with Crippen LogP contribution in [0.2, 0.25) is 5.02 Å². The summed E-state index contributed by atoms with van der Waals surface area (Å²) in [4.78, 5) is 28.6. The number of carbonyl (C=O) groups excluding carboxylic acids is 1. The molecule has 0 unspecified atom stereocenters. The first kappa shape index (κ1) is 27.3. The summed E-state index contributed by atoms with van der Waals surface area (Å²) in [6.07, 6.45) is 4.55. The fourth-order valence-corrected chi connectivity index (χ4v) is 5.13. The molecule has 1 aliphatic heterocycles. The molecule has 9 heteroatoms. The molecule has 1 aromatic carbocycles. The second-order valence-electron chi connectivity index (χ2n) is 9.79. The molecule has 0 spiro atoms. The maximum atomic E-state index is 13.2. The van der Waals surface area contributed by atoms with E-state index in [-0.39, 0.29) is 23.4 Å². The molecule has 0 bridgehead atoms. The monoisotopic (exact) mass is 519 g/mol. The molecular weight excluding hydrogens is 486 g/mol. The molecule has 3 rings (SSSR count). The minimum Gasteiger partial charge on any atom is -0.598 e. The Hall–Kier alpha value is -2.26. The number of likely N-dealkylation sites (tertiary alicyclic amines) is 1. The van der Waals surface area contributed by atoms with E-state index < -0.39 is 16.1 Å². The van der Waals surface area contributed by atoms with Gasteiger partial charge in [-0.15, -0.1) is 4.72 Å². The van der Waals surface area contributed by atoms with Gasteiger partial charge in [0.15, 0.2) is 0 Å². The molecule has 7 nitrogen and oxygen atoms in total. The number of halogens is 1. The van der Waals surface area contributed by atoms with E-state index in [0.717, 1.165) is 11.1 Å². The standard InChI is InChI=1S/C26H34ClN3O4S/c1-6-13-34-22-14-17(2)21(27)15-20(22)24(29-35(33)26(3,4)5)18-9-11-30(12-10-18)25(32)19-7-8-23(31)28-16-19/h6-8,14-16,18,24,29H,1,9-13H2,2-5H3,(H,28,31)/t24-,35+/m1/s1. The van der Waals surface area contributed by atoms with Gasteiger partial charge in [-0.05, 0) is 70.2 Å². The summed E-state index contributed by atoms with van der Waals surface area (Å²) < 4.78 is 22.0. The number of ether oxygens (including phenoxy) is 1. The normalized spacial score (nSPS) is 16.6. The van der Waals surface area contributed by atoms with Crippen molar-refractivity contribution >= 4 is 28.9 Å². The van der Waals surface area contributed by atoms with Gasteiger partial charge >= 0.3 is 0 Å². The minimum absolute atomic E-state index is 0.103. The quantitative estimate of drug-likeness (QED) is 0.394. The van der Waals surface area contributed by atoms with Gasteiger partial charge in [0, 0.05) is 47.3 Å². The molecule has 1 saturated heterocycles. The number of nitrogens with one attached hydrogen (secondary N) is 2. The van der Waals surface area contributed by atoms with E-state index in [1.54, 1.807) is 17.0 Å². The number of hydrogen-bond donors (Lipinski definition) is 2. The van der Waals surface area contributed by atoms with Gasteiger partial charge < -0.3 is 19.2 Å². The van der Waals surface area contributed by atoms with Crippen molar-refractivity contribution < 1.29 is 14.1 Å². The molecule has 0 aliphatic carbocycles. The van der Waals surface area contributed by atoms with Crippen molar-refractivity contribution in [2.24, 2.45) is 5.92 Å². The maximum Gasteiger partial charge on any atom is 0.255 e. The first-order chi connectivity index (χ1) is 16.5. The summed E-state index contributed by atoms with van der Waals surface area (Å²) in [6.45, 7) is 12.9. The van der Waals surface area contributed by atoms with Crippen LogP contribution in [0, 0.1) is 12.8 Å². The largest absolute Gasteiger partial charge is 0.598 e. The van der Waals surface area contributed by atoms with Crippen LogP contribution in [0.5, 0.6) is 5.75 Å². The predicted molar refractivity (Wildman–Crippen MR) is 141 cm³/mol. The van der Waals surface area contributed by atoms with Crippen LogP contribution < -0.4 is 15.0 Å². The Morgan fingerprint density at radius 1 is 1.37 bits per heavy atom. The Kier molecular flexibility index (Phi) is 9.10. The second kappa shape index (κ2) is 11.6. The first-order valence-electron chi connectivity index (χ1n) is 11.7. The highest BCUT2D eigenvalue weighted by Gasteiger charge is 2.37. The van der Waals surface area contributed by atoms with Crippen LogP contribution in [0.3, 0.4) is 0 Å². The van der Waals surface area contributed by atoms with E-state index >= 15 is 0 Å². The van der Waals surface area contributed by atoms with Gasteiger partial charge in [-0.3, -0.25) is 9.59 Å². The molecule has 1 amide bonds. The molecule has 2 atom stereocenters. The van der Waals surface area contributed by atoms with Gasteiger partial charge in [0.25, 0.3) is 5.91 Å². The molecule has 35 heavy (non-hydrogen) atoms. The number of benzene rings is 1. The van der Waals surface area contributed by atoms with Crippen LogP contribution in [-0.4, -0.2) is 44.8 Å². The Morgan fingerprint density at radius 3 is 2.63 bits per heavy atom. The number of carbonyl (C=O) groups is 1. The van der Waals surface area contributed by atoms with Crippen molar-refractivity contribution in [2.45, 2.75) is 51.3 Å². The van der Waals surface area contributed by atoms with Crippen molar-refractivity contribution in [1.82, 2.24) is 14.6 Å². The van der Waals surface area contributed by atoms with Crippen molar-refractivity contribution in [1.29, 1.82) is 0 Å². The van der Waals surface area contributed by atoms with E-state index in [0.29, 0.717) is 48.9 Å². The number of rotatable bonds is 8. The third-order valence-corrected chi connectivity index (χ3v) is 8.09. The molecule has 0 saturated carbocycles. The zero-order valence-electron chi connectivity index (χ0n) is 20.7. The third-order valence-electron chi connectivity index (χ3n) is 6.10.